The summed E-state index contributed by atoms with van der Waals surface area (Å²) in [5.74, 6) is 0. The van der Waals surface area contributed by atoms with Gasteiger partial charge < -0.3 is 9.13 Å². The van der Waals surface area contributed by atoms with E-state index in [-0.39, 0.29) is 34.0 Å². The molecule has 0 radical (unpaired) electrons. The van der Waals surface area contributed by atoms with Crippen LogP contribution >= 0.6 is 34.0 Å². The third kappa shape index (κ3) is 20.4. The minimum atomic E-state index is 0. The van der Waals surface area contributed by atoms with Gasteiger partial charge in [-0.1, -0.05) is 97.3 Å². The maximum absolute atomic E-state index is 4.73. The largest absolute Gasteiger partial charge is 0.354 e. The lowest BCUT2D eigenvalue weighted by molar-refractivity contribution is 0.533. The van der Waals surface area contributed by atoms with E-state index < -0.39 is 0 Å². The summed E-state index contributed by atoms with van der Waals surface area (Å²) >= 11 is 0. The second kappa shape index (κ2) is 27.1. The number of pyridine rings is 2. The van der Waals surface area contributed by atoms with Gasteiger partial charge in [-0.25, -0.2) is 0 Å². The highest BCUT2D eigenvalue weighted by molar-refractivity contribution is 8.93. The fraction of sp³-hybridized carbons (Fsp3) is 0.697. The fourth-order valence-electron chi connectivity index (χ4n) is 4.73. The van der Waals surface area contributed by atoms with E-state index in [0.29, 0.717) is 0 Å². The van der Waals surface area contributed by atoms with Gasteiger partial charge in [0.15, 0.2) is 0 Å². The predicted molar refractivity (Wildman–Crippen MR) is 180 cm³/mol. The smallest absolute Gasteiger partial charge is 0.0603 e. The number of unbranched alkanes of at least 4 members (excludes halogenated alkanes) is 14. The molecular formula is C33H58Br2N4. The van der Waals surface area contributed by atoms with Crippen LogP contribution in [0.5, 0.6) is 0 Å². The Hall–Kier alpha value is -1.14. The average Bonchev–Trinajstić information content (AvgIpc) is 2.93. The molecule has 0 atom stereocenters. The van der Waals surface area contributed by atoms with Crippen LogP contribution in [-0.4, -0.2) is 22.2 Å². The van der Waals surface area contributed by atoms with Crippen molar-refractivity contribution in [1.82, 2.24) is 9.13 Å². The lowest BCUT2D eigenvalue weighted by Gasteiger charge is -2.07. The first-order valence-electron chi connectivity index (χ1n) is 15.6. The molecular weight excluding hydrogens is 612 g/mol. The third-order valence-electron chi connectivity index (χ3n) is 7.19. The zero-order valence-corrected chi connectivity index (χ0v) is 28.5. The maximum Gasteiger partial charge on any atom is 0.0603 e. The van der Waals surface area contributed by atoms with E-state index >= 15 is 0 Å². The van der Waals surface area contributed by atoms with Crippen molar-refractivity contribution in [1.29, 1.82) is 0 Å². The third-order valence-corrected chi connectivity index (χ3v) is 7.19. The minimum Gasteiger partial charge on any atom is -0.354 e. The van der Waals surface area contributed by atoms with Gasteiger partial charge in [-0.3, -0.25) is 9.98 Å². The monoisotopic (exact) mass is 668 g/mol. The van der Waals surface area contributed by atoms with Gasteiger partial charge in [0.2, 0.25) is 0 Å². The summed E-state index contributed by atoms with van der Waals surface area (Å²) in [4.78, 5) is 9.46. The number of hydrogen-bond acceptors (Lipinski definition) is 2. The Labute approximate surface area is 261 Å². The molecule has 39 heavy (non-hydrogen) atoms. The Bertz CT molecular complexity index is 819. The van der Waals surface area contributed by atoms with E-state index in [1.54, 1.807) is 0 Å². The van der Waals surface area contributed by atoms with Gasteiger partial charge in [-0.2, -0.15) is 0 Å². The highest BCUT2D eigenvalue weighted by atomic mass is 79.9. The number of halogens is 2. The van der Waals surface area contributed by atoms with Crippen LogP contribution in [0.4, 0.5) is 0 Å². The molecule has 4 nitrogen and oxygen atoms in total. The lowest BCUT2D eigenvalue weighted by Crippen LogP contribution is -2.07. The molecule has 0 aliphatic rings. The molecule has 0 bridgehead atoms. The molecule has 2 aromatic heterocycles. The van der Waals surface area contributed by atoms with Crippen molar-refractivity contribution in [3.05, 3.63) is 59.8 Å². The highest BCUT2D eigenvalue weighted by Crippen LogP contribution is 2.07. The Morgan fingerprint density at radius 2 is 0.744 bits per heavy atom. The van der Waals surface area contributed by atoms with Crippen molar-refractivity contribution in [3.63, 3.8) is 0 Å². The second-order valence-electron chi connectivity index (χ2n) is 10.7. The molecule has 0 saturated heterocycles. The number of rotatable bonds is 22. The molecule has 2 heterocycles. The highest BCUT2D eigenvalue weighted by Gasteiger charge is 1.95. The summed E-state index contributed by atoms with van der Waals surface area (Å²) in [6.07, 6.45) is 31.1. The van der Waals surface area contributed by atoms with Gasteiger partial charge >= 0.3 is 0 Å². The van der Waals surface area contributed by atoms with Gasteiger partial charge in [0.05, 0.1) is 10.7 Å². The van der Waals surface area contributed by atoms with Crippen LogP contribution in [0.15, 0.2) is 59.0 Å². The van der Waals surface area contributed by atoms with E-state index in [0.717, 1.165) is 36.9 Å². The lowest BCUT2D eigenvalue weighted by atomic mass is 10.1. The molecule has 0 aliphatic heterocycles. The van der Waals surface area contributed by atoms with Crippen LogP contribution in [0, 0.1) is 0 Å². The average molecular weight is 671 g/mol. The first-order chi connectivity index (χ1) is 18.3. The van der Waals surface area contributed by atoms with Crippen molar-refractivity contribution in [2.45, 2.75) is 136 Å². The zero-order chi connectivity index (χ0) is 26.2. The first-order valence-corrected chi connectivity index (χ1v) is 15.6. The summed E-state index contributed by atoms with van der Waals surface area (Å²) in [5.41, 5.74) is 0. The summed E-state index contributed by atoms with van der Waals surface area (Å²) in [5, 5.41) is 2.25. The second-order valence-corrected chi connectivity index (χ2v) is 10.7. The van der Waals surface area contributed by atoms with Crippen molar-refractivity contribution >= 4 is 34.0 Å². The number of aryl methyl sites for hydroxylation is 2. The number of hydrogen-bond donors (Lipinski definition) is 0. The van der Waals surface area contributed by atoms with E-state index in [1.807, 2.05) is 0 Å². The summed E-state index contributed by atoms with van der Waals surface area (Å²) in [7, 11) is 0. The van der Waals surface area contributed by atoms with Gasteiger partial charge in [-0.05, 0) is 49.9 Å². The van der Waals surface area contributed by atoms with Gasteiger partial charge in [0.25, 0.3) is 0 Å². The van der Waals surface area contributed by atoms with E-state index in [9.17, 15) is 0 Å². The number of nitrogens with zero attached hydrogens (tertiary/aromatic N) is 4. The molecule has 0 aliphatic carbocycles. The SMILES string of the molecule is Br.Br.CCCCCCCCN=c1ccn(CCCCCCCn2ccc(=NCCCCCCCC)cc2)cc1. The maximum atomic E-state index is 4.73. The van der Waals surface area contributed by atoms with Crippen LogP contribution in [0.2, 0.25) is 0 Å². The van der Waals surface area contributed by atoms with Gasteiger partial charge in [0.1, 0.15) is 0 Å². The van der Waals surface area contributed by atoms with Crippen LogP contribution in [0.25, 0.3) is 0 Å². The normalized spacial score (nSPS) is 10.5. The van der Waals surface area contributed by atoms with Crippen LogP contribution in [0.1, 0.15) is 123 Å². The summed E-state index contributed by atoms with van der Waals surface area (Å²) < 4.78 is 4.61. The Morgan fingerprint density at radius 1 is 0.436 bits per heavy atom. The molecule has 0 spiro atoms. The molecule has 0 unspecified atom stereocenters. The first kappa shape index (κ1) is 37.9. The molecule has 2 aromatic rings. The molecule has 0 amide bonds. The number of aromatic nitrogens is 2. The van der Waals surface area contributed by atoms with Crippen molar-refractivity contribution in [3.8, 4) is 0 Å². The van der Waals surface area contributed by atoms with Crippen molar-refractivity contribution < 1.29 is 0 Å². The molecule has 0 aromatic carbocycles. The van der Waals surface area contributed by atoms with Gasteiger partial charge in [0, 0.05) is 51.0 Å². The van der Waals surface area contributed by atoms with Crippen molar-refractivity contribution in [2.24, 2.45) is 9.98 Å². The van der Waals surface area contributed by atoms with Crippen LogP contribution < -0.4 is 10.7 Å². The predicted octanol–water partition coefficient (Wildman–Crippen LogP) is 9.62. The van der Waals surface area contributed by atoms with E-state index in [1.165, 1.54) is 109 Å². The van der Waals surface area contributed by atoms with Crippen LogP contribution in [-0.2, 0) is 13.1 Å². The summed E-state index contributed by atoms with van der Waals surface area (Å²) in [6.45, 7) is 8.69. The molecule has 0 N–H and O–H groups in total. The Morgan fingerprint density at radius 3 is 1.10 bits per heavy atom. The topological polar surface area (TPSA) is 34.6 Å². The van der Waals surface area contributed by atoms with Gasteiger partial charge in [-0.15, -0.1) is 34.0 Å². The molecule has 6 heteroatoms. The zero-order valence-electron chi connectivity index (χ0n) is 25.1. The molecule has 0 saturated carbocycles. The standard InChI is InChI=1S/C33H56N4.2BrH/c1-3-5-7-9-12-16-24-34-32-20-28-36(29-21-32)26-18-14-11-15-19-27-37-30-22-33(23-31-37)35-25-17-13-10-8-6-4-2;;/h20-23,28-31H,3-19,24-27H2,1-2H3;2*1H. The Balaban J connectivity index is 0.00000722. The van der Waals surface area contributed by atoms with Crippen LogP contribution in [0.3, 0.4) is 0 Å². The molecule has 224 valence electrons. The van der Waals surface area contributed by atoms with E-state index in [2.05, 4.69) is 72.0 Å². The van der Waals surface area contributed by atoms with Crippen molar-refractivity contribution in [2.75, 3.05) is 13.1 Å². The quantitative estimate of drug-likeness (QED) is 0.112. The fourth-order valence-corrected chi connectivity index (χ4v) is 4.73. The molecule has 2 rings (SSSR count). The van der Waals surface area contributed by atoms with E-state index in [4.69, 9.17) is 9.98 Å². The minimum absolute atomic E-state index is 0. The summed E-state index contributed by atoms with van der Waals surface area (Å²) in [6, 6.07) is 8.67. The Kier molecular flexibility index (Phi) is 26.3. The molecule has 0 fully saturated rings.